The first kappa shape index (κ1) is 16.0. The highest BCUT2D eigenvalue weighted by atomic mass is 16.5. The van der Waals surface area contributed by atoms with E-state index in [1.54, 1.807) is 7.11 Å². The van der Waals surface area contributed by atoms with Gasteiger partial charge in [0.2, 0.25) is 0 Å². The molecule has 0 aliphatic heterocycles. The van der Waals surface area contributed by atoms with Crippen molar-refractivity contribution < 1.29 is 9.47 Å². The number of ether oxygens (including phenoxy) is 2. The molecule has 19 heavy (non-hydrogen) atoms. The normalized spacial score (nSPS) is 14.1. The molecule has 0 bridgehead atoms. The fraction of sp³-hybridized carbons (Fsp3) is 0.600. The van der Waals surface area contributed by atoms with Gasteiger partial charge in [-0.05, 0) is 31.0 Å². The van der Waals surface area contributed by atoms with Gasteiger partial charge in [-0.15, -0.1) is 0 Å². The lowest BCUT2D eigenvalue weighted by Crippen LogP contribution is -2.33. The maximum atomic E-state index is 5.84. The molecule has 0 fully saturated rings. The van der Waals surface area contributed by atoms with E-state index in [-0.39, 0.29) is 12.1 Å². The second kappa shape index (κ2) is 8.91. The van der Waals surface area contributed by atoms with E-state index >= 15 is 0 Å². The maximum Gasteiger partial charge on any atom is 0.119 e. The number of rotatable bonds is 9. The number of hydrogen-bond donors (Lipinski definition) is 2. The van der Waals surface area contributed by atoms with Gasteiger partial charge in [0.05, 0.1) is 12.7 Å². The minimum atomic E-state index is 0.128. The van der Waals surface area contributed by atoms with Gasteiger partial charge in [0, 0.05) is 26.2 Å². The van der Waals surface area contributed by atoms with Crippen LogP contribution in [0.3, 0.4) is 0 Å². The Hall–Kier alpha value is -1.10. The van der Waals surface area contributed by atoms with E-state index in [2.05, 4.69) is 24.4 Å². The van der Waals surface area contributed by atoms with Crippen LogP contribution in [0.4, 0.5) is 0 Å². The van der Waals surface area contributed by atoms with Gasteiger partial charge in [0.25, 0.3) is 0 Å². The summed E-state index contributed by atoms with van der Waals surface area (Å²) in [6.07, 6.45) is 1.18. The third kappa shape index (κ3) is 5.59. The zero-order valence-electron chi connectivity index (χ0n) is 12.2. The molecule has 4 heteroatoms. The predicted molar refractivity (Wildman–Crippen MR) is 78.5 cm³/mol. The molecule has 3 N–H and O–H groups in total. The Morgan fingerprint density at radius 2 is 2.16 bits per heavy atom. The van der Waals surface area contributed by atoms with Crippen molar-refractivity contribution in [3.8, 4) is 5.75 Å². The van der Waals surface area contributed by atoms with E-state index in [0.29, 0.717) is 6.54 Å². The van der Waals surface area contributed by atoms with Crippen LogP contribution in [0.2, 0.25) is 0 Å². The molecule has 0 aliphatic rings. The van der Waals surface area contributed by atoms with Gasteiger partial charge >= 0.3 is 0 Å². The number of benzene rings is 1. The highest BCUT2D eigenvalue weighted by Gasteiger charge is 2.11. The Morgan fingerprint density at radius 1 is 1.37 bits per heavy atom. The van der Waals surface area contributed by atoms with Gasteiger partial charge in [-0.25, -0.2) is 0 Å². The molecule has 0 heterocycles. The van der Waals surface area contributed by atoms with Crippen LogP contribution in [-0.2, 0) is 4.74 Å². The lowest BCUT2D eigenvalue weighted by molar-refractivity contribution is 0.114. The van der Waals surface area contributed by atoms with Crippen molar-refractivity contribution in [1.82, 2.24) is 5.32 Å². The molecule has 0 spiro atoms. The van der Waals surface area contributed by atoms with Crippen LogP contribution in [0, 0.1) is 0 Å². The van der Waals surface area contributed by atoms with E-state index < -0.39 is 0 Å². The molecule has 0 saturated carbocycles. The molecule has 0 amide bonds. The van der Waals surface area contributed by atoms with Crippen molar-refractivity contribution in [2.75, 3.05) is 26.8 Å². The molecular weight excluding hydrogens is 240 g/mol. The van der Waals surface area contributed by atoms with Crippen LogP contribution in [-0.4, -0.2) is 32.9 Å². The van der Waals surface area contributed by atoms with Crippen molar-refractivity contribution in [1.29, 1.82) is 0 Å². The standard InChI is InChI=1S/C15H26N2O2/c1-4-8-19-14-7-5-6-13(9-14)15(10-16)17-11-12(2)18-3/h5-7,9,12,15,17H,4,8,10-11,16H2,1-3H3. The number of hydrogen-bond acceptors (Lipinski definition) is 4. The predicted octanol–water partition coefficient (Wildman–Crippen LogP) is 2.10. The SMILES string of the molecule is CCCOc1cccc(C(CN)NCC(C)OC)c1. The van der Waals surface area contributed by atoms with E-state index in [1.807, 2.05) is 19.1 Å². The molecule has 1 aromatic carbocycles. The Morgan fingerprint density at radius 3 is 2.79 bits per heavy atom. The van der Waals surface area contributed by atoms with Gasteiger partial charge < -0.3 is 20.5 Å². The monoisotopic (exact) mass is 266 g/mol. The topological polar surface area (TPSA) is 56.5 Å². The lowest BCUT2D eigenvalue weighted by atomic mass is 10.1. The zero-order valence-corrected chi connectivity index (χ0v) is 12.2. The van der Waals surface area contributed by atoms with E-state index in [1.165, 1.54) is 0 Å². The van der Waals surface area contributed by atoms with Gasteiger partial charge in [0.1, 0.15) is 5.75 Å². The van der Waals surface area contributed by atoms with Crippen LogP contribution >= 0.6 is 0 Å². The Labute approximate surface area is 116 Å². The largest absolute Gasteiger partial charge is 0.494 e. The van der Waals surface area contributed by atoms with Crippen LogP contribution < -0.4 is 15.8 Å². The summed E-state index contributed by atoms with van der Waals surface area (Å²) < 4.78 is 10.9. The Bertz CT molecular complexity index is 358. The second-order valence-corrected chi connectivity index (χ2v) is 4.66. The van der Waals surface area contributed by atoms with Crippen LogP contribution in [0.5, 0.6) is 5.75 Å². The molecule has 0 radical (unpaired) electrons. The third-order valence-electron chi connectivity index (χ3n) is 3.02. The van der Waals surface area contributed by atoms with Crippen molar-refractivity contribution >= 4 is 0 Å². The van der Waals surface area contributed by atoms with Crippen molar-refractivity contribution in [3.05, 3.63) is 29.8 Å². The van der Waals surface area contributed by atoms with Crippen molar-refractivity contribution in [3.63, 3.8) is 0 Å². The fourth-order valence-electron chi connectivity index (χ4n) is 1.77. The van der Waals surface area contributed by atoms with Gasteiger partial charge in [0.15, 0.2) is 0 Å². The maximum absolute atomic E-state index is 5.84. The molecule has 0 aliphatic carbocycles. The summed E-state index contributed by atoms with van der Waals surface area (Å²) in [6.45, 7) is 6.19. The molecule has 0 aromatic heterocycles. The number of nitrogens with one attached hydrogen (secondary N) is 1. The Balaban J connectivity index is 2.63. The fourth-order valence-corrected chi connectivity index (χ4v) is 1.77. The summed E-state index contributed by atoms with van der Waals surface area (Å²) in [7, 11) is 1.71. The summed E-state index contributed by atoms with van der Waals surface area (Å²) in [6, 6.07) is 8.23. The van der Waals surface area contributed by atoms with Gasteiger partial charge in [-0.1, -0.05) is 19.1 Å². The molecular formula is C15H26N2O2. The van der Waals surface area contributed by atoms with E-state index in [9.17, 15) is 0 Å². The van der Waals surface area contributed by atoms with Crippen molar-refractivity contribution in [2.45, 2.75) is 32.4 Å². The summed E-state index contributed by atoms with van der Waals surface area (Å²) >= 11 is 0. The highest BCUT2D eigenvalue weighted by molar-refractivity contribution is 5.30. The molecule has 4 nitrogen and oxygen atoms in total. The minimum Gasteiger partial charge on any atom is -0.494 e. The van der Waals surface area contributed by atoms with Gasteiger partial charge in [-0.2, -0.15) is 0 Å². The number of nitrogens with two attached hydrogens (primary N) is 1. The van der Waals surface area contributed by atoms with Crippen LogP contribution in [0.1, 0.15) is 31.9 Å². The molecule has 0 saturated heterocycles. The lowest BCUT2D eigenvalue weighted by Gasteiger charge is -2.20. The van der Waals surface area contributed by atoms with E-state index in [4.69, 9.17) is 15.2 Å². The first-order chi connectivity index (χ1) is 9.21. The summed E-state index contributed by atoms with van der Waals surface area (Å²) in [5.74, 6) is 0.902. The molecule has 1 aromatic rings. The average Bonchev–Trinajstić information content (AvgIpc) is 2.46. The molecule has 108 valence electrons. The first-order valence-corrected chi connectivity index (χ1v) is 6.90. The van der Waals surface area contributed by atoms with Crippen LogP contribution in [0.25, 0.3) is 0 Å². The average molecular weight is 266 g/mol. The smallest absolute Gasteiger partial charge is 0.119 e. The molecule has 2 atom stereocenters. The second-order valence-electron chi connectivity index (χ2n) is 4.66. The summed E-state index contributed by atoms with van der Waals surface area (Å²) in [5, 5.41) is 3.41. The zero-order chi connectivity index (χ0) is 14.1. The van der Waals surface area contributed by atoms with Crippen molar-refractivity contribution in [2.24, 2.45) is 5.73 Å². The quantitative estimate of drug-likeness (QED) is 0.718. The number of methoxy groups -OCH3 is 1. The first-order valence-electron chi connectivity index (χ1n) is 6.90. The minimum absolute atomic E-state index is 0.128. The highest BCUT2D eigenvalue weighted by Crippen LogP contribution is 2.19. The summed E-state index contributed by atoms with van der Waals surface area (Å²) in [5.41, 5.74) is 6.99. The third-order valence-corrected chi connectivity index (χ3v) is 3.02. The summed E-state index contributed by atoms with van der Waals surface area (Å²) in [4.78, 5) is 0. The molecule has 1 rings (SSSR count). The van der Waals surface area contributed by atoms with Crippen LogP contribution in [0.15, 0.2) is 24.3 Å². The Kier molecular flexibility index (Phi) is 7.48. The van der Waals surface area contributed by atoms with E-state index in [0.717, 1.165) is 30.9 Å². The van der Waals surface area contributed by atoms with Gasteiger partial charge in [-0.3, -0.25) is 0 Å². The molecule has 2 unspecified atom stereocenters.